The summed E-state index contributed by atoms with van der Waals surface area (Å²) in [5.74, 6) is -1.62. The Morgan fingerprint density at radius 2 is 1.74 bits per heavy atom. The van der Waals surface area contributed by atoms with Crippen molar-refractivity contribution in [3.63, 3.8) is 0 Å². The first-order valence-corrected chi connectivity index (χ1v) is 11.9. The van der Waals surface area contributed by atoms with Crippen molar-refractivity contribution in [2.45, 2.75) is 25.9 Å². The number of esters is 1. The quantitative estimate of drug-likeness (QED) is 0.332. The molecule has 38 heavy (non-hydrogen) atoms. The van der Waals surface area contributed by atoms with Crippen LogP contribution in [0.5, 0.6) is 5.75 Å². The van der Waals surface area contributed by atoms with Crippen molar-refractivity contribution in [2.24, 2.45) is 0 Å². The van der Waals surface area contributed by atoms with Crippen molar-refractivity contribution in [2.75, 3.05) is 23.9 Å². The van der Waals surface area contributed by atoms with Gasteiger partial charge >= 0.3 is 12.0 Å². The Labute approximate surface area is 218 Å². The Morgan fingerprint density at radius 1 is 1.00 bits per heavy atom. The highest BCUT2D eigenvalue weighted by Gasteiger charge is 2.46. The minimum Gasteiger partial charge on any atom is -0.497 e. The fourth-order valence-corrected chi connectivity index (χ4v) is 4.11. The lowest BCUT2D eigenvalue weighted by atomic mass is 10.1. The second-order valence-corrected chi connectivity index (χ2v) is 8.48. The first kappa shape index (κ1) is 26.3. The van der Waals surface area contributed by atoms with E-state index in [2.05, 4.69) is 5.32 Å². The monoisotopic (exact) mass is 519 g/mol. The summed E-state index contributed by atoms with van der Waals surface area (Å²) in [5, 5.41) is 2.68. The predicted octanol–water partition coefficient (Wildman–Crippen LogP) is 4.38. The molecular formula is C28H26FN3O6. The third kappa shape index (κ3) is 5.80. The zero-order chi connectivity index (χ0) is 27.2. The van der Waals surface area contributed by atoms with E-state index in [9.17, 15) is 23.6 Å². The van der Waals surface area contributed by atoms with Crippen LogP contribution in [0.1, 0.15) is 29.3 Å². The summed E-state index contributed by atoms with van der Waals surface area (Å²) in [6, 6.07) is 16.5. The number of anilines is 2. The van der Waals surface area contributed by atoms with Crippen LogP contribution >= 0.6 is 0 Å². The van der Waals surface area contributed by atoms with Crippen LogP contribution in [0, 0.1) is 5.82 Å². The number of carbonyl (C=O) groups is 4. The molecule has 0 unspecified atom stereocenters. The van der Waals surface area contributed by atoms with Crippen LogP contribution in [0.15, 0.2) is 72.8 Å². The molecule has 0 radical (unpaired) electrons. The van der Waals surface area contributed by atoms with Gasteiger partial charge in [0.15, 0.2) is 0 Å². The molecular weight excluding hydrogens is 493 g/mol. The molecule has 10 heteroatoms. The van der Waals surface area contributed by atoms with Crippen molar-refractivity contribution in [3.8, 4) is 5.75 Å². The molecule has 1 N–H and O–H groups in total. The number of hydrogen-bond acceptors (Lipinski definition) is 6. The van der Waals surface area contributed by atoms with Crippen LogP contribution in [0.2, 0.25) is 0 Å². The van der Waals surface area contributed by atoms with E-state index in [1.54, 1.807) is 49.4 Å². The van der Waals surface area contributed by atoms with Gasteiger partial charge in [0.1, 0.15) is 17.6 Å². The molecule has 196 valence electrons. The van der Waals surface area contributed by atoms with Gasteiger partial charge in [-0.3, -0.25) is 9.59 Å². The number of carbonyl (C=O) groups excluding carboxylic acids is 4. The van der Waals surface area contributed by atoms with E-state index in [1.165, 1.54) is 42.3 Å². The van der Waals surface area contributed by atoms with Crippen LogP contribution in [0.25, 0.3) is 0 Å². The number of nitrogens with one attached hydrogen (secondary N) is 1. The number of ether oxygens (including phenoxy) is 2. The lowest BCUT2D eigenvalue weighted by Crippen LogP contribution is -2.37. The number of imide groups is 1. The molecule has 1 aliphatic heterocycles. The van der Waals surface area contributed by atoms with E-state index in [4.69, 9.17) is 9.47 Å². The summed E-state index contributed by atoms with van der Waals surface area (Å²) < 4.78 is 23.6. The van der Waals surface area contributed by atoms with E-state index >= 15 is 0 Å². The molecule has 0 aromatic heterocycles. The van der Waals surface area contributed by atoms with E-state index in [1.807, 2.05) is 0 Å². The smallest absolute Gasteiger partial charge is 0.338 e. The van der Waals surface area contributed by atoms with Crippen molar-refractivity contribution >= 4 is 35.2 Å². The van der Waals surface area contributed by atoms with Crippen LogP contribution < -0.4 is 15.0 Å². The molecule has 4 amide bonds. The fourth-order valence-electron chi connectivity index (χ4n) is 4.11. The fraction of sp³-hybridized carbons (Fsp3) is 0.214. The average Bonchev–Trinajstić information content (AvgIpc) is 3.14. The average molecular weight is 520 g/mol. The lowest BCUT2D eigenvalue weighted by Gasteiger charge is -2.21. The Hall–Kier alpha value is -4.73. The number of benzene rings is 3. The predicted molar refractivity (Wildman–Crippen MR) is 137 cm³/mol. The van der Waals surface area contributed by atoms with Gasteiger partial charge in [0.2, 0.25) is 5.91 Å². The van der Waals surface area contributed by atoms with Crippen molar-refractivity contribution in [1.82, 2.24) is 4.90 Å². The van der Waals surface area contributed by atoms with Crippen LogP contribution in [0.3, 0.4) is 0 Å². The molecule has 0 aliphatic carbocycles. The van der Waals surface area contributed by atoms with Crippen molar-refractivity contribution in [1.29, 1.82) is 0 Å². The summed E-state index contributed by atoms with van der Waals surface area (Å²) in [4.78, 5) is 54.3. The second kappa shape index (κ2) is 11.5. The Morgan fingerprint density at radius 3 is 2.45 bits per heavy atom. The summed E-state index contributed by atoms with van der Waals surface area (Å²) in [6.45, 7) is 1.89. The molecule has 1 fully saturated rings. The molecule has 4 rings (SSSR count). The van der Waals surface area contributed by atoms with E-state index in [0.29, 0.717) is 22.7 Å². The first-order valence-electron chi connectivity index (χ1n) is 11.9. The Kier molecular flexibility index (Phi) is 8.00. The maximum atomic E-state index is 13.5. The highest BCUT2D eigenvalue weighted by molar-refractivity contribution is 6.22. The zero-order valence-electron chi connectivity index (χ0n) is 20.8. The van der Waals surface area contributed by atoms with Gasteiger partial charge in [0, 0.05) is 18.3 Å². The van der Waals surface area contributed by atoms with Gasteiger partial charge in [-0.1, -0.05) is 24.3 Å². The van der Waals surface area contributed by atoms with Gasteiger partial charge in [-0.2, -0.15) is 0 Å². The summed E-state index contributed by atoms with van der Waals surface area (Å²) in [6.07, 6.45) is -0.337. The zero-order valence-corrected chi connectivity index (χ0v) is 20.8. The summed E-state index contributed by atoms with van der Waals surface area (Å²) in [7, 11) is 1.47. The van der Waals surface area contributed by atoms with Gasteiger partial charge in [-0.25, -0.2) is 18.9 Å². The molecule has 3 aromatic rings. The normalized spacial score (nSPS) is 15.0. The SMILES string of the molecule is CCOC(=O)c1cccc(NC(=O)C[C@@H]2C(=O)N(c3cccc(OC)c3)C(=O)N2Cc2ccc(F)cc2)c1. The van der Waals surface area contributed by atoms with E-state index < -0.39 is 35.7 Å². The lowest BCUT2D eigenvalue weighted by molar-refractivity contribution is -0.124. The van der Waals surface area contributed by atoms with Crippen LogP contribution in [0.4, 0.5) is 20.6 Å². The molecule has 0 saturated carbocycles. The molecule has 9 nitrogen and oxygen atoms in total. The number of amides is 4. The molecule has 1 heterocycles. The maximum Gasteiger partial charge on any atom is 0.338 e. The third-order valence-corrected chi connectivity index (χ3v) is 5.93. The third-order valence-electron chi connectivity index (χ3n) is 5.93. The molecule has 1 saturated heterocycles. The topological polar surface area (TPSA) is 105 Å². The largest absolute Gasteiger partial charge is 0.497 e. The van der Waals surface area contributed by atoms with Crippen LogP contribution in [-0.2, 0) is 20.9 Å². The van der Waals surface area contributed by atoms with Gasteiger partial charge in [0.05, 0.1) is 31.4 Å². The van der Waals surface area contributed by atoms with Gasteiger partial charge in [0.25, 0.3) is 5.91 Å². The Bertz CT molecular complexity index is 1360. The molecule has 1 aliphatic rings. The number of urea groups is 1. The van der Waals surface area contributed by atoms with Gasteiger partial charge in [-0.05, 0) is 55.0 Å². The summed E-state index contributed by atoms with van der Waals surface area (Å²) in [5.41, 5.74) is 1.49. The number of hydrogen-bond donors (Lipinski definition) is 1. The standard InChI is InChI=1S/C28H26FN3O6/c1-3-38-27(35)19-6-4-7-21(14-19)30-25(33)16-24-26(34)32(22-8-5-9-23(15-22)37-2)28(36)31(24)17-18-10-12-20(29)13-11-18/h4-15,24H,3,16-17H2,1-2H3,(H,30,33)/t24-/m1/s1. The highest BCUT2D eigenvalue weighted by atomic mass is 19.1. The number of nitrogens with zero attached hydrogens (tertiary/aromatic N) is 2. The summed E-state index contributed by atoms with van der Waals surface area (Å²) >= 11 is 0. The van der Waals surface area contributed by atoms with Gasteiger partial charge < -0.3 is 19.7 Å². The van der Waals surface area contributed by atoms with E-state index in [-0.39, 0.29) is 25.1 Å². The highest BCUT2D eigenvalue weighted by Crippen LogP contribution is 2.30. The second-order valence-electron chi connectivity index (χ2n) is 8.48. The minimum atomic E-state index is -1.12. The molecule has 3 aromatic carbocycles. The Balaban J connectivity index is 1.58. The van der Waals surface area contributed by atoms with E-state index in [0.717, 1.165) is 4.90 Å². The van der Waals surface area contributed by atoms with Crippen molar-refractivity contribution < 1.29 is 33.0 Å². The number of halogens is 1. The molecule has 1 atom stereocenters. The first-order chi connectivity index (χ1) is 18.3. The molecule has 0 bridgehead atoms. The van der Waals surface area contributed by atoms with Crippen LogP contribution in [-0.4, -0.2) is 48.5 Å². The van der Waals surface area contributed by atoms with Gasteiger partial charge in [-0.15, -0.1) is 0 Å². The maximum absolute atomic E-state index is 13.5. The minimum absolute atomic E-state index is 0.0123. The van der Waals surface area contributed by atoms with Crippen molar-refractivity contribution in [3.05, 3.63) is 89.7 Å². The number of methoxy groups -OCH3 is 1. The number of rotatable bonds is 9. The molecule has 0 spiro atoms.